The lowest BCUT2D eigenvalue weighted by Crippen LogP contribution is -2.32. The van der Waals surface area contributed by atoms with Crippen molar-refractivity contribution in [3.63, 3.8) is 0 Å². The van der Waals surface area contributed by atoms with E-state index in [1.54, 1.807) is 19.1 Å². The van der Waals surface area contributed by atoms with Crippen molar-refractivity contribution >= 4 is 43.3 Å². The second kappa shape index (κ2) is 6.65. The molecule has 0 unspecified atom stereocenters. The van der Waals surface area contributed by atoms with Crippen LogP contribution in [0.3, 0.4) is 0 Å². The third kappa shape index (κ3) is 3.78. The van der Waals surface area contributed by atoms with Crippen molar-refractivity contribution in [2.45, 2.75) is 17.6 Å². The van der Waals surface area contributed by atoms with E-state index in [1.807, 2.05) is 0 Å². The molecule has 0 radical (unpaired) electrons. The molecule has 0 N–H and O–H groups in total. The normalized spacial score (nSPS) is 11.8. The molecule has 0 aromatic carbocycles. The molecule has 0 aliphatic rings. The number of halogens is 1. The highest BCUT2D eigenvalue weighted by Gasteiger charge is 2.25. The van der Waals surface area contributed by atoms with E-state index in [0.717, 1.165) is 15.1 Å². The van der Waals surface area contributed by atoms with E-state index < -0.39 is 16.0 Å². The van der Waals surface area contributed by atoms with Crippen LogP contribution < -0.4 is 0 Å². The number of ether oxygens (including phenoxy) is 1. The standard InChI is InChI=1S/C10H14BrNO4S2/c1-3-12(7-6-9(13)16-2)18(14,15)10-5-4-8(11)17-10/h4-5H,3,6-7H2,1-2H3. The maximum Gasteiger partial charge on any atom is 0.306 e. The molecule has 0 amide bonds. The summed E-state index contributed by atoms with van der Waals surface area (Å²) in [5.41, 5.74) is 0. The van der Waals surface area contributed by atoms with Crippen molar-refractivity contribution in [3.05, 3.63) is 15.9 Å². The van der Waals surface area contributed by atoms with E-state index in [-0.39, 0.29) is 17.2 Å². The summed E-state index contributed by atoms with van der Waals surface area (Å²) < 4.78 is 31.3. The summed E-state index contributed by atoms with van der Waals surface area (Å²) in [5, 5.41) is 0. The van der Waals surface area contributed by atoms with Crippen molar-refractivity contribution < 1.29 is 17.9 Å². The van der Waals surface area contributed by atoms with Crippen molar-refractivity contribution in [1.82, 2.24) is 4.31 Å². The van der Waals surface area contributed by atoms with Crippen LogP contribution in [0, 0.1) is 0 Å². The maximum atomic E-state index is 12.2. The molecule has 1 heterocycles. The molecule has 5 nitrogen and oxygen atoms in total. The largest absolute Gasteiger partial charge is 0.469 e. The van der Waals surface area contributed by atoms with Gasteiger partial charge in [0.25, 0.3) is 10.0 Å². The number of esters is 1. The minimum Gasteiger partial charge on any atom is -0.469 e. The molecule has 1 aromatic rings. The average Bonchev–Trinajstić information content (AvgIpc) is 2.76. The van der Waals surface area contributed by atoms with Gasteiger partial charge in [-0.15, -0.1) is 11.3 Å². The van der Waals surface area contributed by atoms with Gasteiger partial charge in [0.2, 0.25) is 0 Å². The van der Waals surface area contributed by atoms with Crippen LogP contribution in [0.25, 0.3) is 0 Å². The Kier molecular flexibility index (Phi) is 5.77. The fourth-order valence-electron chi connectivity index (χ4n) is 1.33. The van der Waals surface area contributed by atoms with Gasteiger partial charge in [0.15, 0.2) is 0 Å². The number of hydrogen-bond acceptors (Lipinski definition) is 5. The molecule has 0 bridgehead atoms. The quantitative estimate of drug-likeness (QED) is 0.732. The predicted octanol–water partition coefficient (Wildman–Crippen LogP) is 2.08. The molecule has 1 rings (SSSR count). The highest BCUT2D eigenvalue weighted by molar-refractivity contribution is 9.11. The van der Waals surface area contributed by atoms with Crippen LogP contribution in [0.4, 0.5) is 0 Å². The fraction of sp³-hybridized carbons (Fsp3) is 0.500. The Labute approximate surface area is 119 Å². The highest BCUT2D eigenvalue weighted by atomic mass is 79.9. The van der Waals surface area contributed by atoms with E-state index in [2.05, 4.69) is 20.7 Å². The fourth-order valence-corrected chi connectivity index (χ4v) is 4.94. The Balaban J connectivity index is 2.84. The van der Waals surface area contributed by atoms with Gasteiger partial charge in [-0.25, -0.2) is 8.42 Å². The van der Waals surface area contributed by atoms with Crippen LogP contribution in [0.1, 0.15) is 13.3 Å². The van der Waals surface area contributed by atoms with Crippen LogP contribution in [-0.2, 0) is 19.6 Å². The van der Waals surface area contributed by atoms with E-state index in [9.17, 15) is 13.2 Å². The van der Waals surface area contributed by atoms with Gasteiger partial charge in [-0.2, -0.15) is 4.31 Å². The SMILES string of the molecule is CCN(CCC(=O)OC)S(=O)(=O)c1ccc(Br)s1. The molecule has 0 aliphatic carbocycles. The molecule has 8 heteroatoms. The summed E-state index contributed by atoms with van der Waals surface area (Å²) in [7, 11) is -2.24. The number of methoxy groups -OCH3 is 1. The van der Waals surface area contributed by atoms with Gasteiger partial charge in [0, 0.05) is 13.1 Å². The summed E-state index contributed by atoms with van der Waals surface area (Å²) in [6, 6.07) is 3.23. The van der Waals surface area contributed by atoms with Crippen LogP contribution >= 0.6 is 27.3 Å². The Morgan fingerprint density at radius 2 is 2.17 bits per heavy atom. The van der Waals surface area contributed by atoms with Crippen molar-refractivity contribution in [3.8, 4) is 0 Å². The average molecular weight is 356 g/mol. The first-order chi connectivity index (χ1) is 8.41. The number of carbonyl (C=O) groups is 1. The highest BCUT2D eigenvalue weighted by Crippen LogP contribution is 2.28. The van der Waals surface area contributed by atoms with Crippen molar-refractivity contribution in [2.24, 2.45) is 0 Å². The number of carbonyl (C=O) groups excluding carboxylic acids is 1. The zero-order chi connectivity index (χ0) is 13.8. The van der Waals surface area contributed by atoms with Gasteiger partial charge in [-0.1, -0.05) is 6.92 Å². The smallest absolute Gasteiger partial charge is 0.306 e. The first kappa shape index (κ1) is 15.6. The molecule has 102 valence electrons. The second-order valence-electron chi connectivity index (χ2n) is 3.38. The van der Waals surface area contributed by atoms with Crippen LogP contribution in [0.15, 0.2) is 20.1 Å². The number of sulfonamides is 1. The Morgan fingerprint density at radius 3 is 2.61 bits per heavy atom. The molecule has 1 aromatic heterocycles. The molecule has 0 fully saturated rings. The minimum atomic E-state index is -3.52. The summed E-state index contributed by atoms with van der Waals surface area (Å²) in [6.45, 7) is 2.17. The van der Waals surface area contributed by atoms with E-state index >= 15 is 0 Å². The number of hydrogen-bond donors (Lipinski definition) is 0. The minimum absolute atomic E-state index is 0.0517. The third-order valence-corrected chi connectivity index (χ3v) is 6.35. The molecule has 18 heavy (non-hydrogen) atoms. The van der Waals surface area contributed by atoms with Crippen LogP contribution in [0.2, 0.25) is 0 Å². The van der Waals surface area contributed by atoms with Gasteiger partial charge in [-0.05, 0) is 28.1 Å². The second-order valence-corrected chi connectivity index (χ2v) is 8.01. The molecular formula is C10H14BrNO4S2. The zero-order valence-corrected chi connectivity index (χ0v) is 13.3. The number of nitrogens with zero attached hydrogens (tertiary/aromatic N) is 1. The van der Waals surface area contributed by atoms with Gasteiger partial charge < -0.3 is 4.74 Å². The van der Waals surface area contributed by atoms with Gasteiger partial charge in [-0.3, -0.25) is 4.79 Å². The molecular weight excluding hydrogens is 342 g/mol. The Morgan fingerprint density at radius 1 is 1.50 bits per heavy atom. The molecule has 0 saturated carbocycles. The van der Waals surface area contributed by atoms with Crippen LogP contribution in [0.5, 0.6) is 0 Å². The first-order valence-corrected chi connectivity index (χ1v) is 8.29. The van der Waals surface area contributed by atoms with Gasteiger partial charge in [0.1, 0.15) is 4.21 Å². The summed E-state index contributed by atoms with van der Waals surface area (Å²) in [5.74, 6) is -0.420. The van der Waals surface area contributed by atoms with Gasteiger partial charge in [0.05, 0.1) is 17.3 Å². The van der Waals surface area contributed by atoms with E-state index in [4.69, 9.17) is 0 Å². The lowest BCUT2D eigenvalue weighted by atomic mass is 10.4. The summed E-state index contributed by atoms with van der Waals surface area (Å²) in [6.07, 6.45) is 0.0517. The van der Waals surface area contributed by atoms with Gasteiger partial charge >= 0.3 is 5.97 Å². The van der Waals surface area contributed by atoms with Crippen LogP contribution in [-0.4, -0.2) is 38.9 Å². The first-order valence-electron chi connectivity index (χ1n) is 5.24. The topological polar surface area (TPSA) is 63.7 Å². The Hall–Kier alpha value is -0.440. The monoisotopic (exact) mass is 355 g/mol. The summed E-state index contributed by atoms with van der Waals surface area (Å²) >= 11 is 4.38. The third-order valence-electron chi connectivity index (χ3n) is 2.29. The lowest BCUT2D eigenvalue weighted by Gasteiger charge is -2.18. The molecule has 0 saturated heterocycles. The molecule has 0 spiro atoms. The van der Waals surface area contributed by atoms with Crippen molar-refractivity contribution in [1.29, 1.82) is 0 Å². The predicted molar refractivity (Wildman–Crippen MR) is 73.1 cm³/mol. The zero-order valence-electron chi connectivity index (χ0n) is 10.1. The Bertz CT molecular complexity index is 512. The summed E-state index contributed by atoms with van der Waals surface area (Å²) in [4.78, 5) is 11.1. The van der Waals surface area contributed by atoms with E-state index in [0.29, 0.717) is 6.54 Å². The number of rotatable bonds is 6. The molecule has 0 aliphatic heterocycles. The number of thiophene rings is 1. The molecule has 0 atom stereocenters. The lowest BCUT2D eigenvalue weighted by molar-refractivity contribution is -0.140. The maximum absolute atomic E-state index is 12.2. The van der Waals surface area contributed by atoms with Crippen molar-refractivity contribution in [2.75, 3.05) is 20.2 Å². The van der Waals surface area contributed by atoms with E-state index in [1.165, 1.54) is 11.4 Å².